The summed E-state index contributed by atoms with van der Waals surface area (Å²) in [4.78, 5) is 26.1. The first-order chi connectivity index (χ1) is 14.9. The van der Waals surface area contributed by atoms with Gasteiger partial charge >= 0.3 is 5.69 Å². The average molecular weight is 441 g/mol. The van der Waals surface area contributed by atoms with Crippen LogP contribution in [0.1, 0.15) is 17.5 Å². The van der Waals surface area contributed by atoms with Crippen LogP contribution in [0.25, 0.3) is 22.2 Å². The molecule has 9 heteroatoms. The lowest BCUT2D eigenvalue weighted by molar-refractivity contribution is 0.202. The molecule has 0 amide bonds. The molecule has 0 bridgehead atoms. The molecule has 0 unspecified atom stereocenters. The Morgan fingerprint density at radius 3 is 2.52 bits per heavy atom. The predicted octanol–water partition coefficient (Wildman–Crippen LogP) is 2.01. The lowest BCUT2D eigenvalue weighted by Crippen LogP contribution is -2.45. The van der Waals surface area contributed by atoms with E-state index in [0.717, 1.165) is 15.8 Å². The lowest BCUT2D eigenvalue weighted by atomic mass is 10.0. The predicted molar refractivity (Wildman–Crippen MR) is 117 cm³/mol. The molecule has 4 aromatic rings. The van der Waals surface area contributed by atoms with Gasteiger partial charge in [0.25, 0.3) is 5.56 Å². The maximum atomic E-state index is 13.3. The topological polar surface area (TPSA) is 94.3 Å². The quantitative estimate of drug-likeness (QED) is 0.508. The summed E-state index contributed by atoms with van der Waals surface area (Å²) < 4.78 is 10.3. The third kappa shape index (κ3) is 2.90. The molecule has 5 rings (SSSR count). The van der Waals surface area contributed by atoms with Crippen LogP contribution in [0.3, 0.4) is 0 Å². The minimum absolute atomic E-state index is 0.107. The van der Waals surface area contributed by atoms with Gasteiger partial charge in [-0.05, 0) is 29.3 Å². The van der Waals surface area contributed by atoms with Gasteiger partial charge in [0, 0.05) is 26.7 Å². The molecule has 0 radical (unpaired) electrons. The number of hydrogen-bond donors (Lipinski definition) is 2. The van der Waals surface area contributed by atoms with Gasteiger partial charge in [-0.1, -0.05) is 30.3 Å². The molecule has 4 heterocycles. The summed E-state index contributed by atoms with van der Waals surface area (Å²) in [7, 11) is 3.14. The third-order valence-corrected chi connectivity index (χ3v) is 6.13. The van der Waals surface area contributed by atoms with Crippen molar-refractivity contribution in [2.24, 2.45) is 14.1 Å². The molecule has 8 nitrogen and oxygen atoms in total. The van der Waals surface area contributed by atoms with Crippen LogP contribution in [-0.2, 0) is 20.6 Å². The molecule has 1 aliphatic heterocycles. The SMILES string of the molecule is Cn1c(=O)c2c(-c3ccccc3)n3c(c2n(C)c1=O)[C@@H](c1ccc(Cl)o1)N[C@H](CO)C3. The highest BCUT2D eigenvalue weighted by Crippen LogP contribution is 2.40. The van der Waals surface area contributed by atoms with Crippen molar-refractivity contribution in [1.82, 2.24) is 19.0 Å². The van der Waals surface area contributed by atoms with Crippen LogP contribution in [0.2, 0.25) is 5.22 Å². The molecular formula is C22H21ClN4O4. The third-order valence-electron chi connectivity index (χ3n) is 5.93. The van der Waals surface area contributed by atoms with E-state index in [9.17, 15) is 14.7 Å². The smallest absolute Gasteiger partial charge is 0.331 e. The van der Waals surface area contributed by atoms with E-state index in [1.165, 1.54) is 11.6 Å². The van der Waals surface area contributed by atoms with Crippen molar-refractivity contribution in [3.05, 3.63) is 80.0 Å². The highest BCUT2D eigenvalue weighted by Gasteiger charge is 2.36. The summed E-state index contributed by atoms with van der Waals surface area (Å²) in [6.45, 7) is 0.317. The zero-order chi connectivity index (χ0) is 21.9. The molecule has 3 aromatic heterocycles. The Bertz CT molecular complexity index is 1410. The van der Waals surface area contributed by atoms with Crippen LogP contribution in [0.15, 0.2) is 56.5 Å². The van der Waals surface area contributed by atoms with Crippen molar-refractivity contribution in [3.8, 4) is 11.3 Å². The molecule has 2 atom stereocenters. The number of halogens is 1. The molecule has 2 N–H and O–H groups in total. The monoisotopic (exact) mass is 440 g/mol. The second-order valence-corrected chi connectivity index (χ2v) is 8.13. The first-order valence-corrected chi connectivity index (χ1v) is 10.3. The van der Waals surface area contributed by atoms with Crippen LogP contribution in [0.4, 0.5) is 0 Å². The Hall–Kier alpha value is -3.07. The van der Waals surface area contributed by atoms with Gasteiger partial charge in [-0.2, -0.15) is 0 Å². The van der Waals surface area contributed by atoms with Crippen LogP contribution in [-0.4, -0.2) is 31.5 Å². The van der Waals surface area contributed by atoms with Crippen molar-refractivity contribution in [3.63, 3.8) is 0 Å². The maximum Gasteiger partial charge on any atom is 0.331 e. The second kappa shape index (κ2) is 7.26. The average Bonchev–Trinajstić information content (AvgIpc) is 3.37. The van der Waals surface area contributed by atoms with E-state index in [-0.39, 0.29) is 23.4 Å². The van der Waals surface area contributed by atoms with Gasteiger partial charge in [-0.15, -0.1) is 0 Å². The van der Waals surface area contributed by atoms with E-state index in [0.29, 0.717) is 28.9 Å². The summed E-state index contributed by atoms with van der Waals surface area (Å²) >= 11 is 6.04. The molecule has 1 aromatic carbocycles. The minimum Gasteiger partial charge on any atom is -0.448 e. The molecular weight excluding hydrogens is 420 g/mol. The first-order valence-electron chi connectivity index (χ1n) is 9.92. The molecule has 0 fully saturated rings. The summed E-state index contributed by atoms with van der Waals surface area (Å²) in [6, 6.07) is 12.2. The van der Waals surface area contributed by atoms with Crippen molar-refractivity contribution < 1.29 is 9.52 Å². The van der Waals surface area contributed by atoms with Gasteiger partial charge in [-0.3, -0.25) is 19.2 Å². The van der Waals surface area contributed by atoms with E-state index in [1.54, 1.807) is 19.2 Å². The molecule has 0 saturated carbocycles. The zero-order valence-electron chi connectivity index (χ0n) is 17.0. The van der Waals surface area contributed by atoms with E-state index in [2.05, 4.69) is 5.32 Å². The normalized spacial score (nSPS) is 18.5. The van der Waals surface area contributed by atoms with Gasteiger partial charge in [0.2, 0.25) is 0 Å². The summed E-state index contributed by atoms with van der Waals surface area (Å²) in [5, 5.41) is 14.0. The van der Waals surface area contributed by atoms with Crippen LogP contribution in [0, 0.1) is 0 Å². The maximum absolute atomic E-state index is 13.3. The number of nitrogens with one attached hydrogen (secondary N) is 1. The van der Waals surface area contributed by atoms with E-state index < -0.39 is 11.7 Å². The summed E-state index contributed by atoms with van der Waals surface area (Å²) in [5.41, 5.74) is 2.05. The number of fused-ring (bicyclic) bond motifs is 3. The van der Waals surface area contributed by atoms with E-state index in [1.807, 2.05) is 34.9 Å². The van der Waals surface area contributed by atoms with Gasteiger partial charge in [-0.25, -0.2) is 4.79 Å². The Balaban J connectivity index is 1.97. The number of hydrogen-bond acceptors (Lipinski definition) is 5. The number of benzene rings is 1. The largest absolute Gasteiger partial charge is 0.448 e. The Labute approximate surface area is 181 Å². The number of furan rings is 1. The fraction of sp³-hybridized carbons (Fsp3) is 0.273. The number of aromatic nitrogens is 3. The minimum atomic E-state index is -0.504. The molecule has 0 aliphatic carbocycles. The van der Waals surface area contributed by atoms with E-state index in [4.69, 9.17) is 16.0 Å². The van der Waals surface area contributed by atoms with Gasteiger partial charge in [0.05, 0.1) is 28.9 Å². The first kappa shape index (κ1) is 19.9. The fourth-order valence-corrected chi connectivity index (χ4v) is 4.67. The fourth-order valence-electron chi connectivity index (χ4n) is 4.52. The molecule has 0 spiro atoms. The molecule has 31 heavy (non-hydrogen) atoms. The van der Waals surface area contributed by atoms with Crippen LogP contribution >= 0.6 is 11.6 Å². The zero-order valence-corrected chi connectivity index (χ0v) is 17.8. The summed E-state index contributed by atoms with van der Waals surface area (Å²) in [5.74, 6) is 0.538. The van der Waals surface area contributed by atoms with Crippen molar-refractivity contribution in [2.45, 2.75) is 18.6 Å². The number of aliphatic hydroxyl groups is 1. The van der Waals surface area contributed by atoms with Crippen molar-refractivity contribution >= 4 is 22.5 Å². The Kier molecular flexibility index (Phi) is 4.65. The molecule has 1 aliphatic rings. The number of aryl methyl sites for hydroxylation is 1. The van der Waals surface area contributed by atoms with Crippen molar-refractivity contribution in [1.29, 1.82) is 0 Å². The van der Waals surface area contributed by atoms with Crippen molar-refractivity contribution in [2.75, 3.05) is 6.61 Å². The summed E-state index contributed by atoms with van der Waals surface area (Å²) in [6.07, 6.45) is 0. The highest BCUT2D eigenvalue weighted by molar-refractivity contribution is 6.28. The number of aliphatic hydroxyl groups excluding tert-OH is 1. The van der Waals surface area contributed by atoms with E-state index >= 15 is 0 Å². The second-order valence-electron chi connectivity index (χ2n) is 7.76. The van der Waals surface area contributed by atoms with Crippen LogP contribution in [0.5, 0.6) is 0 Å². The van der Waals surface area contributed by atoms with Gasteiger partial charge in [0.1, 0.15) is 11.8 Å². The van der Waals surface area contributed by atoms with Gasteiger partial charge in [0.15, 0.2) is 5.22 Å². The Morgan fingerprint density at radius 1 is 1.13 bits per heavy atom. The highest BCUT2D eigenvalue weighted by atomic mass is 35.5. The van der Waals surface area contributed by atoms with Crippen LogP contribution < -0.4 is 16.6 Å². The lowest BCUT2D eigenvalue weighted by Gasteiger charge is -2.32. The number of rotatable bonds is 3. The standard InChI is InChI=1S/C22H21ClN4O4/c1-25-19-16(21(29)26(2)22(25)30)18(12-6-4-3-5-7-12)27-10-13(11-28)24-17(20(19)27)14-8-9-15(23)31-14/h3-9,13,17,24,28H,10-11H2,1-2H3/t13-,17+/m0/s1. The molecule has 160 valence electrons. The number of nitrogens with zero attached hydrogens (tertiary/aromatic N) is 3. The van der Waals surface area contributed by atoms with Gasteiger partial charge < -0.3 is 14.1 Å². The Morgan fingerprint density at radius 2 is 1.87 bits per heavy atom. The molecule has 0 saturated heterocycles.